The van der Waals surface area contributed by atoms with Gasteiger partial charge in [0.05, 0.1) is 23.1 Å². The third-order valence-electron chi connectivity index (χ3n) is 7.12. The molecule has 5 heterocycles. The minimum Gasteiger partial charge on any atom is -0.431 e. The Morgan fingerprint density at radius 3 is 2.66 bits per heavy atom. The van der Waals surface area contributed by atoms with Crippen molar-refractivity contribution >= 4 is 11.8 Å². The maximum Gasteiger partial charge on any atom is 0.387 e. The zero-order chi connectivity index (χ0) is 25.1. The molecule has 3 aromatic heterocycles. The number of carbonyl (C=O) groups excluding carboxylic acids is 1. The van der Waals surface area contributed by atoms with Gasteiger partial charge in [0.2, 0.25) is 0 Å². The molecule has 1 atom stereocenters. The van der Waals surface area contributed by atoms with Crippen LogP contribution in [0.5, 0.6) is 5.75 Å². The molecule has 10 nitrogen and oxygen atoms in total. The van der Waals surface area contributed by atoms with Gasteiger partial charge in [0.1, 0.15) is 0 Å². The Labute approximate surface area is 201 Å². The summed E-state index contributed by atoms with van der Waals surface area (Å²) in [4.78, 5) is 18.7. The average Bonchev–Trinajstić information content (AvgIpc) is 3.40. The fourth-order valence-corrected chi connectivity index (χ4v) is 5.27. The number of alkyl halides is 2. The van der Waals surface area contributed by atoms with Gasteiger partial charge in [-0.15, -0.1) is 0 Å². The molecular weight excluding hydrogens is 458 g/mol. The van der Waals surface area contributed by atoms with E-state index in [2.05, 4.69) is 25.2 Å². The molecular formula is C23H28F2N8O2. The van der Waals surface area contributed by atoms with Crippen LogP contribution < -0.4 is 15.8 Å². The minimum absolute atomic E-state index is 0.108. The molecule has 5 rings (SSSR count). The average molecular weight is 487 g/mol. The Kier molecular flexibility index (Phi) is 5.41. The maximum atomic E-state index is 12.9. The summed E-state index contributed by atoms with van der Waals surface area (Å²) in [7, 11) is 1.88. The molecule has 0 unspecified atom stereocenters. The number of rotatable bonds is 5. The van der Waals surface area contributed by atoms with Crippen LogP contribution in [0.1, 0.15) is 42.0 Å². The quantitative estimate of drug-likeness (QED) is 0.573. The number of urea groups is 1. The molecule has 0 aliphatic carbocycles. The van der Waals surface area contributed by atoms with Gasteiger partial charge in [-0.3, -0.25) is 9.36 Å². The van der Waals surface area contributed by atoms with Gasteiger partial charge in [-0.05, 0) is 44.9 Å². The van der Waals surface area contributed by atoms with E-state index >= 15 is 0 Å². The van der Waals surface area contributed by atoms with E-state index in [0.717, 1.165) is 35.6 Å². The zero-order valence-electron chi connectivity index (χ0n) is 20.0. The van der Waals surface area contributed by atoms with E-state index in [1.54, 1.807) is 4.90 Å². The van der Waals surface area contributed by atoms with Crippen molar-refractivity contribution < 1.29 is 18.3 Å². The second-order valence-corrected chi connectivity index (χ2v) is 9.40. The first-order valence-corrected chi connectivity index (χ1v) is 11.4. The van der Waals surface area contributed by atoms with Crippen molar-refractivity contribution in [3.05, 3.63) is 41.0 Å². The van der Waals surface area contributed by atoms with E-state index in [4.69, 9.17) is 5.73 Å². The number of aryl methyl sites for hydroxylation is 3. The molecule has 35 heavy (non-hydrogen) atoms. The van der Waals surface area contributed by atoms with Crippen LogP contribution in [0.15, 0.2) is 18.3 Å². The third kappa shape index (κ3) is 3.86. The number of carbonyl (C=O) groups is 1. The highest BCUT2D eigenvalue weighted by Crippen LogP contribution is 2.44. The largest absolute Gasteiger partial charge is 0.431 e. The number of fused-ring (bicyclic) bond motifs is 2. The first kappa shape index (κ1) is 23.1. The highest BCUT2D eigenvalue weighted by atomic mass is 19.3. The first-order valence-electron chi connectivity index (χ1n) is 11.4. The van der Waals surface area contributed by atoms with Crippen molar-refractivity contribution in [2.75, 3.05) is 18.8 Å². The summed E-state index contributed by atoms with van der Waals surface area (Å²) >= 11 is 0. The Morgan fingerprint density at radius 2 is 2.00 bits per heavy atom. The van der Waals surface area contributed by atoms with Crippen LogP contribution in [-0.4, -0.2) is 55.2 Å². The van der Waals surface area contributed by atoms with Gasteiger partial charge < -0.3 is 20.7 Å². The monoisotopic (exact) mass is 486 g/mol. The van der Waals surface area contributed by atoms with Gasteiger partial charge in [-0.25, -0.2) is 9.78 Å². The number of nitrogens with zero attached hydrogens (tertiary/aromatic N) is 6. The number of ether oxygens (including phenoxy) is 1. The van der Waals surface area contributed by atoms with Crippen molar-refractivity contribution in [3.63, 3.8) is 0 Å². The van der Waals surface area contributed by atoms with Crippen LogP contribution in [0.4, 0.5) is 19.4 Å². The van der Waals surface area contributed by atoms with E-state index in [9.17, 15) is 13.6 Å². The third-order valence-corrected chi connectivity index (χ3v) is 7.12. The number of nitrogens with two attached hydrogens (primary N) is 1. The topological polar surface area (TPSA) is 116 Å². The minimum atomic E-state index is -3.00. The number of likely N-dealkylation sites (tertiary alicyclic amines) is 1. The lowest BCUT2D eigenvalue weighted by atomic mass is 9.76. The predicted molar refractivity (Wildman–Crippen MR) is 124 cm³/mol. The SMILES string of the molecule is Cc1nn(C)c([C@@H](C)NC(=O)N2CC3(CCn4nc(-c5cnc(N)c(OC(F)F)c5)cc43)C2)c1C. The summed E-state index contributed by atoms with van der Waals surface area (Å²) in [5.41, 5.74) is 10.7. The van der Waals surface area contributed by atoms with Crippen molar-refractivity contribution in [1.29, 1.82) is 0 Å². The van der Waals surface area contributed by atoms with Gasteiger partial charge >= 0.3 is 12.6 Å². The lowest BCUT2D eigenvalue weighted by molar-refractivity contribution is -0.0494. The Bertz CT molecular complexity index is 1290. The van der Waals surface area contributed by atoms with Crippen molar-refractivity contribution in [2.45, 2.75) is 51.8 Å². The van der Waals surface area contributed by atoms with Gasteiger partial charge in [0.25, 0.3) is 0 Å². The summed E-state index contributed by atoms with van der Waals surface area (Å²) in [5.74, 6) is -0.288. The van der Waals surface area contributed by atoms with Crippen molar-refractivity contribution in [2.24, 2.45) is 7.05 Å². The normalized spacial score (nSPS) is 16.9. The molecule has 3 N–H and O–H groups in total. The predicted octanol–water partition coefficient (Wildman–Crippen LogP) is 2.91. The van der Waals surface area contributed by atoms with Crippen LogP contribution in [-0.2, 0) is 19.0 Å². The number of nitrogen functional groups attached to an aromatic ring is 1. The molecule has 0 saturated carbocycles. The molecule has 186 valence electrons. The second kappa shape index (κ2) is 8.21. The van der Waals surface area contributed by atoms with E-state index in [-0.39, 0.29) is 29.1 Å². The lowest BCUT2D eigenvalue weighted by Gasteiger charge is -2.47. The van der Waals surface area contributed by atoms with Crippen LogP contribution in [0, 0.1) is 13.8 Å². The molecule has 0 bridgehead atoms. The molecule has 12 heteroatoms. The molecule has 2 amide bonds. The molecule has 2 aliphatic rings. The summed E-state index contributed by atoms with van der Waals surface area (Å²) in [6.07, 6.45) is 2.37. The number of hydrogen-bond acceptors (Lipinski definition) is 6. The number of pyridine rings is 1. The number of amides is 2. The van der Waals surface area contributed by atoms with Crippen molar-refractivity contribution in [3.8, 4) is 17.0 Å². The van der Waals surface area contributed by atoms with E-state index in [1.807, 2.05) is 43.2 Å². The molecule has 0 radical (unpaired) electrons. The maximum absolute atomic E-state index is 12.9. The molecule has 3 aromatic rings. The zero-order valence-corrected chi connectivity index (χ0v) is 20.0. The summed E-state index contributed by atoms with van der Waals surface area (Å²) in [5, 5.41) is 12.2. The summed E-state index contributed by atoms with van der Waals surface area (Å²) < 4.78 is 33.5. The highest BCUT2D eigenvalue weighted by molar-refractivity contribution is 5.76. The number of halogens is 2. The van der Waals surface area contributed by atoms with Gasteiger partial charge in [0, 0.05) is 49.6 Å². The summed E-state index contributed by atoms with van der Waals surface area (Å²) in [6.45, 7) is 4.81. The highest BCUT2D eigenvalue weighted by Gasteiger charge is 2.51. The molecule has 2 aliphatic heterocycles. The number of nitrogens with one attached hydrogen (secondary N) is 1. The molecule has 1 fully saturated rings. The molecule has 1 spiro atoms. The van der Waals surface area contributed by atoms with Crippen LogP contribution in [0.2, 0.25) is 0 Å². The molecule has 1 saturated heterocycles. The second-order valence-electron chi connectivity index (χ2n) is 9.40. The van der Waals surface area contributed by atoms with E-state index in [1.165, 1.54) is 12.3 Å². The lowest BCUT2D eigenvalue weighted by Crippen LogP contribution is -2.62. The van der Waals surface area contributed by atoms with Crippen LogP contribution >= 0.6 is 0 Å². The van der Waals surface area contributed by atoms with Crippen LogP contribution in [0.3, 0.4) is 0 Å². The van der Waals surface area contributed by atoms with Crippen LogP contribution in [0.25, 0.3) is 11.3 Å². The number of anilines is 1. The Morgan fingerprint density at radius 1 is 1.26 bits per heavy atom. The fourth-order valence-electron chi connectivity index (χ4n) is 5.27. The summed E-state index contributed by atoms with van der Waals surface area (Å²) in [6, 6.07) is 3.07. The van der Waals surface area contributed by atoms with E-state index < -0.39 is 6.61 Å². The number of aromatic nitrogens is 5. The number of hydrogen-bond donors (Lipinski definition) is 2. The van der Waals surface area contributed by atoms with Gasteiger partial charge in [-0.1, -0.05) is 0 Å². The van der Waals surface area contributed by atoms with Gasteiger partial charge in [-0.2, -0.15) is 19.0 Å². The standard InChI is InChI=1S/C23H28F2N8O2/c1-12-13(2)29-31(4)19(12)14(3)28-22(34)32-10-23(11-32)5-6-33-18(23)8-16(30-33)15-7-17(35-21(24)25)20(26)27-9-15/h7-9,14,21H,5-6,10-11H2,1-4H3,(H2,26,27)(H,28,34)/t14-/m1/s1. The Balaban J connectivity index is 1.29. The fraction of sp³-hybridized carbons (Fsp3) is 0.478. The Hall–Kier alpha value is -3.70. The van der Waals surface area contributed by atoms with E-state index in [0.29, 0.717) is 24.3 Å². The van der Waals surface area contributed by atoms with Crippen molar-refractivity contribution in [1.82, 2.24) is 34.8 Å². The molecule has 0 aromatic carbocycles. The smallest absolute Gasteiger partial charge is 0.387 e. The first-order chi connectivity index (χ1) is 16.6. The van der Waals surface area contributed by atoms with Gasteiger partial charge in [0.15, 0.2) is 11.6 Å².